The standard InChI is InChI=1S/C20H23FN6O3/c1-14(2)11-23-7-9-24(10-8-23)18(28)13-26-20(30)27-17(22-26)12-25(19(27)29)16-5-3-15(21)4-6-16/h3-6H,1,7-13H2,2H3. The van der Waals surface area contributed by atoms with Gasteiger partial charge in [-0.1, -0.05) is 12.2 Å². The molecular weight excluding hydrogens is 391 g/mol. The van der Waals surface area contributed by atoms with E-state index in [4.69, 9.17) is 0 Å². The first-order chi connectivity index (χ1) is 14.3. The number of anilines is 1. The van der Waals surface area contributed by atoms with Crippen LogP contribution in [0.5, 0.6) is 0 Å². The Balaban J connectivity index is 1.42. The Hall–Kier alpha value is -3.27. The van der Waals surface area contributed by atoms with E-state index in [-0.39, 0.29) is 24.8 Å². The summed E-state index contributed by atoms with van der Waals surface area (Å²) in [7, 11) is 0. The molecular formula is C20H23FN6O3. The first kappa shape index (κ1) is 20.0. The van der Waals surface area contributed by atoms with E-state index in [9.17, 15) is 18.8 Å². The third-order valence-electron chi connectivity index (χ3n) is 5.27. The van der Waals surface area contributed by atoms with Gasteiger partial charge in [-0.2, -0.15) is 9.67 Å². The molecule has 0 bridgehead atoms. The highest BCUT2D eigenvalue weighted by molar-refractivity contribution is 5.96. The Bertz CT molecular complexity index is 1050. The average molecular weight is 414 g/mol. The van der Waals surface area contributed by atoms with Crippen molar-refractivity contribution in [2.24, 2.45) is 0 Å². The van der Waals surface area contributed by atoms with E-state index < -0.39 is 17.5 Å². The third-order valence-corrected chi connectivity index (χ3v) is 5.27. The van der Waals surface area contributed by atoms with Gasteiger partial charge in [-0.25, -0.2) is 18.7 Å². The zero-order chi connectivity index (χ0) is 21.4. The molecule has 0 aliphatic carbocycles. The molecule has 0 saturated carbocycles. The summed E-state index contributed by atoms with van der Waals surface area (Å²) in [6, 6.07) is 4.87. The van der Waals surface area contributed by atoms with Gasteiger partial charge in [-0.05, 0) is 31.2 Å². The van der Waals surface area contributed by atoms with Crippen molar-refractivity contribution in [3.05, 3.63) is 58.5 Å². The lowest BCUT2D eigenvalue weighted by Crippen LogP contribution is -2.50. The molecule has 2 aliphatic heterocycles. The molecule has 30 heavy (non-hydrogen) atoms. The topological polar surface area (TPSA) is 83.7 Å². The Kier molecular flexibility index (Phi) is 5.25. The molecule has 0 atom stereocenters. The van der Waals surface area contributed by atoms with Gasteiger partial charge >= 0.3 is 11.7 Å². The van der Waals surface area contributed by atoms with Crippen LogP contribution < -0.4 is 10.6 Å². The highest BCUT2D eigenvalue weighted by Crippen LogP contribution is 2.22. The molecule has 0 radical (unpaired) electrons. The summed E-state index contributed by atoms with van der Waals surface area (Å²) in [5.41, 5.74) is 0.906. The maximum absolute atomic E-state index is 13.1. The lowest BCUT2D eigenvalue weighted by molar-refractivity contribution is -0.133. The number of aromatic nitrogens is 3. The van der Waals surface area contributed by atoms with Crippen LogP contribution in [-0.4, -0.2) is 68.8 Å². The number of rotatable bonds is 5. The van der Waals surface area contributed by atoms with Crippen LogP contribution in [-0.2, 0) is 17.9 Å². The fraction of sp³-hybridized carbons (Fsp3) is 0.400. The van der Waals surface area contributed by atoms with Crippen molar-refractivity contribution >= 4 is 17.6 Å². The lowest BCUT2D eigenvalue weighted by atomic mass is 10.2. The molecule has 10 heteroatoms. The summed E-state index contributed by atoms with van der Waals surface area (Å²) in [6.45, 7) is 9.21. The van der Waals surface area contributed by atoms with Crippen molar-refractivity contribution in [1.29, 1.82) is 0 Å². The maximum Gasteiger partial charge on any atom is 0.354 e. The summed E-state index contributed by atoms with van der Waals surface area (Å²) < 4.78 is 15.1. The second-order valence-corrected chi connectivity index (χ2v) is 7.65. The Morgan fingerprint density at radius 3 is 2.37 bits per heavy atom. The molecule has 9 nitrogen and oxygen atoms in total. The van der Waals surface area contributed by atoms with Crippen molar-refractivity contribution in [3.63, 3.8) is 0 Å². The quantitative estimate of drug-likeness (QED) is 0.679. The number of amides is 2. The van der Waals surface area contributed by atoms with Crippen molar-refractivity contribution in [2.75, 3.05) is 37.6 Å². The highest BCUT2D eigenvalue weighted by atomic mass is 19.1. The number of hydrogen-bond acceptors (Lipinski definition) is 5. The molecule has 2 amide bonds. The van der Waals surface area contributed by atoms with E-state index in [1.54, 1.807) is 4.90 Å². The molecule has 158 valence electrons. The summed E-state index contributed by atoms with van der Waals surface area (Å²) in [5, 5.41) is 4.18. The number of benzene rings is 1. The summed E-state index contributed by atoms with van der Waals surface area (Å²) in [6.07, 6.45) is 0. The van der Waals surface area contributed by atoms with Crippen LogP contribution in [0.1, 0.15) is 12.7 Å². The van der Waals surface area contributed by atoms with E-state index in [1.165, 1.54) is 29.2 Å². The normalized spacial score (nSPS) is 16.8. The fourth-order valence-corrected chi connectivity index (χ4v) is 3.77. The number of hydrogen-bond donors (Lipinski definition) is 0. The summed E-state index contributed by atoms with van der Waals surface area (Å²) in [4.78, 5) is 43.2. The van der Waals surface area contributed by atoms with Crippen LogP contribution >= 0.6 is 0 Å². The molecule has 0 unspecified atom stereocenters. The van der Waals surface area contributed by atoms with E-state index in [1.807, 2.05) is 6.92 Å². The van der Waals surface area contributed by atoms with Crippen molar-refractivity contribution in [2.45, 2.75) is 20.0 Å². The molecule has 3 heterocycles. The molecule has 2 aromatic rings. The lowest BCUT2D eigenvalue weighted by Gasteiger charge is -2.34. The molecule has 1 aromatic carbocycles. The number of carbonyl (C=O) groups excluding carboxylic acids is 2. The third kappa shape index (κ3) is 3.78. The van der Waals surface area contributed by atoms with Gasteiger partial charge in [-0.3, -0.25) is 14.6 Å². The Labute approximate surface area is 172 Å². The minimum atomic E-state index is -0.645. The molecule has 1 aromatic heterocycles. The van der Waals surface area contributed by atoms with Crippen molar-refractivity contribution in [3.8, 4) is 0 Å². The number of piperazine rings is 1. The van der Waals surface area contributed by atoms with Crippen LogP contribution in [0, 0.1) is 5.82 Å². The van der Waals surface area contributed by atoms with Gasteiger partial charge in [0.2, 0.25) is 5.91 Å². The zero-order valence-corrected chi connectivity index (χ0v) is 16.8. The van der Waals surface area contributed by atoms with Gasteiger partial charge in [0.05, 0.1) is 6.54 Å². The van der Waals surface area contributed by atoms with Gasteiger partial charge in [0, 0.05) is 38.4 Å². The minimum absolute atomic E-state index is 0.0838. The van der Waals surface area contributed by atoms with Crippen LogP contribution in [0.25, 0.3) is 0 Å². The van der Waals surface area contributed by atoms with Gasteiger partial charge in [0.25, 0.3) is 0 Å². The van der Waals surface area contributed by atoms with E-state index >= 15 is 0 Å². The monoisotopic (exact) mass is 414 g/mol. The molecule has 2 aliphatic rings. The minimum Gasteiger partial charge on any atom is -0.339 e. The largest absolute Gasteiger partial charge is 0.354 e. The van der Waals surface area contributed by atoms with Crippen LogP contribution in [0.4, 0.5) is 14.9 Å². The van der Waals surface area contributed by atoms with E-state index in [0.29, 0.717) is 18.8 Å². The number of carbonyl (C=O) groups is 2. The first-order valence-corrected chi connectivity index (χ1v) is 9.74. The number of halogens is 1. The smallest absolute Gasteiger partial charge is 0.339 e. The molecule has 0 spiro atoms. The predicted molar refractivity (Wildman–Crippen MR) is 108 cm³/mol. The second-order valence-electron chi connectivity index (χ2n) is 7.65. The molecule has 1 fully saturated rings. The van der Waals surface area contributed by atoms with Crippen LogP contribution in [0.2, 0.25) is 0 Å². The molecule has 0 N–H and O–H groups in total. The van der Waals surface area contributed by atoms with E-state index in [2.05, 4.69) is 16.6 Å². The molecule has 4 rings (SSSR count). The second kappa shape index (κ2) is 7.86. The Morgan fingerprint density at radius 2 is 1.77 bits per heavy atom. The van der Waals surface area contributed by atoms with Crippen LogP contribution in [0.15, 0.2) is 41.2 Å². The summed E-state index contributed by atoms with van der Waals surface area (Å²) >= 11 is 0. The first-order valence-electron chi connectivity index (χ1n) is 9.74. The van der Waals surface area contributed by atoms with Gasteiger partial charge in [0.15, 0.2) is 5.82 Å². The predicted octanol–water partition coefficient (Wildman–Crippen LogP) is 0.892. The van der Waals surface area contributed by atoms with Crippen molar-refractivity contribution < 1.29 is 14.0 Å². The SMILES string of the molecule is C=C(C)CN1CCN(C(=O)Cn2nc3n(c2=O)C(=O)N(c2ccc(F)cc2)C3)CC1. The fourth-order valence-electron chi connectivity index (χ4n) is 3.77. The van der Waals surface area contributed by atoms with E-state index in [0.717, 1.165) is 34.5 Å². The number of fused-ring (bicyclic) bond motifs is 1. The zero-order valence-electron chi connectivity index (χ0n) is 16.8. The maximum atomic E-state index is 13.1. The van der Waals surface area contributed by atoms with Gasteiger partial charge < -0.3 is 4.90 Å². The van der Waals surface area contributed by atoms with Gasteiger partial charge in [0.1, 0.15) is 12.4 Å². The van der Waals surface area contributed by atoms with Gasteiger partial charge in [-0.15, -0.1) is 0 Å². The highest BCUT2D eigenvalue weighted by Gasteiger charge is 2.34. The number of nitrogens with zero attached hydrogens (tertiary/aromatic N) is 6. The molecule has 1 saturated heterocycles. The Morgan fingerprint density at radius 1 is 1.10 bits per heavy atom. The average Bonchev–Trinajstić information content (AvgIpc) is 3.19. The summed E-state index contributed by atoms with van der Waals surface area (Å²) in [5.74, 6) is -0.357. The van der Waals surface area contributed by atoms with Crippen molar-refractivity contribution in [1.82, 2.24) is 24.1 Å². The van der Waals surface area contributed by atoms with Crippen LogP contribution in [0.3, 0.4) is 0 Å².